The molecule has 0 bridgehead atoms. The minimum Gasteiger partial charge on any atom is -0.306 e. The Bertz CT molecular complexity index is 56.9. The van der Waals surface area contributed by atoms with Crippen molar-refractivity contribution < 1.29 is 0 Å². The molecule has 0 heterocycles. The van der Waals surface area contributed by atoms with Crippen LogP contribution in [0, 0.1) is 0 Å². The molecule has 0 saturated heterocycles. The van der Waals surface area contributed by atoms with Crippen LogP contribution in [0.3, 0.4) is 0 Å². The van der Waals surface area contributed by atoms with Crippen molar-refractivity contribution in [3.05, 3.63) is 0 Å². The summed E-state index contributed by atoms with van der Waals surface area (Å²) in [7, 11) is 2.13. The lowest BCUT2D eigenvalue weighted by molar-refractivity contribution is 0.336. The number of hydrogen-bond acceptors (Lipinski definition) is 1. The summed E-state index contributed by atoms with van der Waals surface area (Å²) in [6, 6.07) is 0. The molecule has 0 aliphatic carbocycles. The average molecular weight is 150 g/mol. The topological polar surface area (TPSA) is 3.24 Å². The van der Waals surface area contributed by atoms with Gasteiger partial charge in [0.1, 0.15) is 0 Å². The molecule has 0 aromatic heterocycles. The zero-order valence-electron chi connectivity index (χ0n) is 6.36. The minimum absolute atomic E-state index is 0.786. The van der Waals surface area contributed by atoms with Crippen LogP contribution in [-0.2, 0) is 0 Å². The van der Waals surface area contributed by atoms with Crippen LogP contribution < -0.4 is 0 Å². The monoisotopic (exact) mass is 149 g/mol. The van der Waals surface area contributed by atoms with Gasteiger partial charge in [0.05, 0.1) is 0 Å². The molecule has 0 unspecified atom stereocenters. The fourth-order valence-corrected chi connectivity index (χ4v) is 0.943. The van der Waals surface area contributed by atoms with Gasteiger partial charge in [-0.3, -0.25) is 0 Å². The second-order valence-electron chi connectivity index (χ2n) is 2.35. The average Bonchev–Trinajstić information content (AvgIpc) is 1.85. The van der Waals surface area contributed by atoms with Crippen LogP contribution in [0.15, 0.2) is 0 Å². The maximum absolute atomic E-state index is 5.52. The van der Waals surface area contributed by atoms with E-state index in [9.17, 15) is 0 Å². The molecule has 0 rings (SSSR count). The first-order valence-corrected chi connectivity index (χ1v) is 4.09. The zero-order chi connectivity index (χ0) is 7.11. The van der Waals surface area contributed by atoms with Gasteiger partial charge in [0.15, 0.2) is 0 Å². The lowest BCUT2D eigenvalue weighted by atomic mass is 10.4. The van der Waals surface area contributed by atoms with Gasteiger partial charge in [-0.05, 0) is 33.0 Å². The van der Waals surface area contributed by atoms with Gasteiger partial charge in [0.2, 0.25) is 0 Å². The smallest absolute Gasteiger partial charge is 0.0235 e. The van der Waals surface area contributed by atoms with Crippen molar-refractivity contribution in [2.45, 2.75) is 19.8 Å². The summed E-state index contributed by atoms with van der Waals surface area (Å²) in [5.41, 5.74) is 0. The molecule has 0 saturated carbocycles. The number of alkyl halides is 1. The van der Waals surface area contributed by atoms with Gasteiger partial charge in [0.25, 0.3) is 0 Å². The van der Waals surface area contributed by atoms with Gasteiger partial charge in [-0.15, -0.1) is 11.6 Å². The predicted molar refractivity (Wildman–Crippen MR) is 43.1 cm³/mol. The molecule has 0 amide bonds. The molecule has 9 heavy (non-hydrogen) atoms. The Kier molecular flexibility index (Phi) is 6.55. The first-order chi connectivity index (χ1) is 4.31. The number of nitrogens with zero attached hydrogens (tertiary/aromatic N) is 1. The summed E-state index contributed by atoms with van der Waals surface area (Å²) in [5, 5.41) is 0. The molecule has 2 heteroatoms. The lowest BCUT2D eigenvalue weighted by Gasteiger charge is -2.13. The van der Waals surface area contributed by atoms with Crippen molar-refractivity contribution in [1.82, 2.24) is 4.90 Å². The summed E-state index contributed by atoms with van der Waals surface area (Å²) in [6.45, 7) is 4.52. The van der Waals surface area contributed by atoms with Crippen molar-refractivity contribution in [2.24, 2.45) is 0 Å². The summed E-state index contributed by atoms with van der Waals surface area (Å²) in [6.07, 6.45) is 2.34. The molecule has 0 aliphatic rings. The highest BCUT2D eigenvalue weighted by Gasteiger charge is 1.92. The van der Waals surface area contributed by atoms with E-state index < -0.39 is 0 Å². The molecule has 0 aromatic rings. The van der Waals surface area contributed by atoms with Crippen LogP contribution in [0.25, 0.3) is 0 Å². The van der Waals surface area contributed by atoms with Crippen LogP contribution in [0.1, 0.15) is 19.8 Å². The van der Waals surface area contributed by atoms with E-state index in [4.69, 9.17) is 11.6 Å². The van der Waals surface area contributed by atoms with Crippen molar-refractivity contribution in [3.63, 3.8) is 0 Å². The highest BCUT2D eigenvalue weighted by molar-refractivity contribution is 6.17. The Balaban J connectivity index is 2.95. The molecular weight excluding hydrogens is 134 g/mol. The Hall–Kier alpha value is 0.250. The predicted octanol–water partition coefficient (Wildman–Crippen LogP) is 1.96. The summed E-state index contributed by atoms with van der Waals surface area (Å²) in [4.78, 5) is 2.31. The van der Waals surface area contributed by atoms with Gasteiger partial charge in [-0.2, -0.15) is 0 Å². The van der Waals surface area contributed by atoms with Gasteiger partial charge in [0, 0.05) is 5.88 Å². The SMILES string of the molecule is CCCN(C)CCCCl. The molecule has 0 radical (unpaired) electrons. The Morgan fingerprint density at radius 1 is 1.33 bits per heavy atom. The van der Waals surface area contributed by atoms with E-state index in [1.165, 1.54) is 13.0 Å². The largest absolute Gasteiger partial charge is 0.306 e. The summed E-state index contributed by atoms with van der Waals surface area (Å²) < 4.78 is 0. The third kappa shape index (κ3) is 6.13. The quantitative estimate of drug-likeness (QED) is 0.541. The standard InChI is InChI=1S/C7H16ClN/c1-3-6-9(2)7-4-5-8/h3-7H2,1-2H3. The molecule has 56 valence electrons. The summed E-state index contributed by atoms with van der Waals surface area (Å²) >= 11 is 5.52. The normalized spacial score (nSPS) is 10.7. The molecule has 0 N–H and O–H groups in total. The number of rotatable bonds is 5. The van der Waals surface area contributed by atoms with Crippen LogP contribution in [-0.4, -0.2) is 30.9 Å². The molecule has 1 nitrogen and oxygen atoms in total. The van der Waals surface area contributed by atoms with Crippen LogP contribution in [0.2, 0.25) is 0 Å². The molecular formula is C7H16ClN. The van der Waals surface area contributed by atoms with E-state index in [1.54, 1.807) is 0 Å². The van der Waals surface area contributed by atoms with E-state index in [0.29, 0.717) is 0 Å². The third-order valence-electron chi connectivity index (χ3n) is 1.28. The maximum Gasteiger partial charge on any atom is 0.0235 e. The molecule has 0 aliphatic heterocycles. The third-order valence-corrected chi connectivity index (χ3v) is 1.55. The molecule has 0 spiro atoms. The second kappa shape index (κ2) is 6.37. The number of halogens is 1. The number of hydrogen-bond donors (Lipinski definition) is 0. The van der Waals surface area contributed by atoms with Gasteiger partial charge < -0.3 is 4.90 Å². The van der Waals surface area contributed by atoms with Crippen LogP contribution in [0.4, 0.5) is 0 Å². The Morgan fingerprint density at radius 3 is 2.44 bits per heavy atom. The van der Waals surface area contributed by atoms with Crippen molar-refractivity contribution >= 4 is 11.6 Å². The summed E-state index contributed by atoms with van der Waals surface area (Å²) in [5.74, 6) is 0.786. The van der Waals surface area contributed by atoms with Crippen LogP contribution in [0.5, 0.6) is 0 Å². The van der Waals surface area contributed by atoms with E-state index in [0.717, 1.165) is 18.8 Å². The maximum atomic E-state index is 5.52. The van der Waals surface area contributed by atoms with Crippen LogP contribution >= 0.6 is 11.6 Å². The molecule has 0 aromatic carbocycles. The first-order valence-electron chi connectivity index (χ1n) is 3.55. The molecule has 0 fully saturated rings. The Morgan fingerprint density at radius 2 is 2.00 bits per heavy atom. The second-order valence-corrected chi connectivity index (χ2v) is 2.72. The van der Waals surface area contributed by atoms with E-state index in [-0.39, 0.29) is 0 Å². The van der Waals surface area contributed by atoms with E-state index >= 15 is 0 Å². The molecule has 0 atom stereocenters. The highest BCUT2D eigenvalue weighted by atomic mass is 35.5. The van der Waals surface area contributed by atoms with Gasteiger partial charge >= 0.3 is 0 Å². The zero-order valence-corrected chi connectivity index (χ0v) is 7.12. The van der Waals surface area contributed by atoms with Crippen molar-refractivity contribution in [3.8, 4) is 0 Å². The fraction of sp³-hybridized carbons (Fsp3) is 1.00. The van der Waals surface area contributed by atoms with Gasteiger partial charge in [-0.1, -0.05) is 6.92 Å². The van der Waals surface area contributed by atoms with E-state index in [2.05, 4.69) is 18.9 Å². The lowest BCUT2D eigenvalue weighted by Crippen LogP contribution is -2.20. The van der Waals surface area contributed by atoms with Gasteiger partial charge in [-0.25, -0.2) is 0 Å². The first kappa shape index (κ1) is 9.25. The van der Waals surface area contributed by atoms with Crippen molar-refractivity contribution in [2.75, 3.05) is 26.0 Å². The van der Waals surface area contributed by atoms with Crippen molar-refractivity contribution in [1.29, 1.82) is 0 Å². The Labute approximate surface area is 63.0 Å². The fourth-order valence-electron chi connectivity index (χ4n) is 0.823. The van der Waals surface area contributed by atoms with E-state index in [1.807, 2.05) is 0 Å². The highest BCUT2D eigenvalue weighted by Crippen LogP contribution is 1.90. The minimum atomic E-state index is 0.786.